The van der Waals surface area contributed by atoms with Crippen molar-refractivity contribution in [1.29, 1.82) is 0 Å². The van der Waals surface area contributed by atoms with Crippen LogP contribution in [-0.2, 0) is 19.1 Å². The average Bonchev–Trinajstić information content (AvgIpc) is 2.51. The predicted octanol–water partition coefficient (Wildman–Crippen LogP) is 1.33. The lowest BCUT2D eigenvalue weighted by molar-refractivity contribution is -0.137. The third-order valence-corrected chi connectivity index (χ3v) is 3.56. The Hall–Kier alpha value is -1.92. The van der Waals surface area contributed by atoms with Gasteiger partial charge in [0.2, 0.25) is 0 Å². The van der Waals surface area contributed by atoms with Crippen LogP contribution in [0.15, 0.2) is 39.5 Å². The summed E-state index contributed by atoms with van der Waals surface area (Å²) in [7, 11) is 2.84. The monoisotopic (exact) mass is 324 g/mol. The van der Waals surface area contributed by atoms with E-state index in [1.807, 2.05) is 0 Å². The number of esters is 1. The number of rotatable bonds is 6. The van der Waals surface area contributed by atoms with Crippen molar-refractivity contribution in [2.45, 2.75) is 6.42 Å². The fourth-order valence-corrected chi connectivity index (χ4v) is 2.48. The van der Waals surface area contributed by atoms with Crippen molar-refractivity contribution in [2.75, 3.05) is 27.4 Å². The molecule has 1 amide bonds. The number of hydrogen-bond acceptors (Lipinski definition) is 5. The number of allylic oxidation sites excluding steroid dienone is 4. The maximum atomic E-state index is 12.1. The van der Waals surface area contributed by atoms with E-state index < -0.39 is 11.9 Å². The number of methoxy groups -OCH3 is 2. The molecule has 0 radical (unpaired) electrons. The van der Waals surface area contributed by atoms with Crippen molar-refractivity contribution in [3.63, 3.8) is 0 Å². The van der Waals surface area contributed by atoms with Gasteiger partial charge in [-0.3, -0.25) is 4.79 Å². The van der Waals surface area contributed by atoms with Gasteiger partial charge in [0, 0.05) is 31.0 Å². The van der Waals surface area contributed by atoms with Crippen LogP contribution in [0.2, 0.25) is 0 Å². The Balaban J connectivity index is 2.34. The van der Waals surface area contributed by atoms with Crippen LogP contribution in [-0.4, -0.2) is 45.0 Å². The van der Waals surface area contributed by atoms with E-state index in [1.54, 1.807) is 25.3 Å². The molecule has 7 heteroatoms. The summed E-state index contributed by atoms with van der Waals surface area (Å²) in [5.74, 6) is -1.67. The van der Waals surface area contributed by atoms with Crippen LogP contribution < -0.4 is 5.32 Å². The number of carbonyl (C=O) groups is 2. The fraction of sp³-hybridized carbons (Fsp3) is 0.400. The van der Waals surface area contributed by atoms with Gasteiger partial charge in [0.15, 0.2) is 0 Å². The van der Waals surface area contributed by atoms with Crippen LogP contribution in [0.25, 0.3) is 0 Å². The normalized spacial score (nSPS) is 20.3. The van der Waals surface area contributed by atoms with Crippen molar-refractivity contribution in [1.82, 2.24) is 5.32 Å². The number of dihydropyridines is 1. The van der Waals surface area contributed by atoms with Gasteiger partial charge in [-0.1, -0.05) is 17.7 Å². The summed E-state index contributed by atoms with van der Waals surface area (Å²) in [6.07, 6.45) is 5.81. The summed E-state index contributed by atoms with van der Waals surface area (Å²) in [6, 6.07) is 0. The third kappa shape index (κ3) is 3.45. The fourth-order valence-electron chi connectivity index (χ4n) is 2.29. The number of hydrogen-bond donors (Lipinski definition) is 1. The zero-order valence-corrected chi connectivity index (χ0v) is 13.1. The molecule has 6 nitrogen and oxygen atoms in total. The lowest BCUT2D eigenvalue weighted by atomic mass is 9.89. The number of nitrogens with zero attached hydrogens (tertiary/aromatic N) is 1. The molecule has 2 aliphatic rings. The standard InChI is InChI=1S/C15H17ClN2O4/c1-21-7-3-6-17-13-10-8-9(16)4-5-11(10)18-14(19)12(13)15(20)22-2/h4-5,8,10,17H,3,6-7H2,1-2H3. The molecule has 0 saturated carbocycles. The van der Waals surface area contributed by atoms with Gasteiger partial charge in [0.1, 0.15) is 5.57 Å². The molecule has 0 fully saturated rings. The van der Waals surface area contributed by atoms with E-state index in [9.17, 15) is 9.59 Å². The number of aliphatic imine (C=N–C) groups is 1. The summed E-state index contributed by atoms with van der Waals surface area (Å²) in [6.45, 7) is 1.12. The molecule has 1 aliphatic carbocycles. The minimum absolute atomic E-state index is 0.0790. The molecular weight excluding hydrogens is 308 g/mol. The molecule has 0 bridgehead atoms. The quantitative estimate of drug-likeness (QED) is 0.453. The molecule has 0 aromatic rings. The van der Waals surface area contributed by atoms with Crippen LogP contribution in [0, 0.1) is 5.92 Å². The summed E-state index contributed by atoms with van der Waals surface area (Å²) in [5, 5.41) is 3.66. The first-order valence-electron chi connectivity index (χ1n) is 6.82. The molecule has 1 atom stereocenters. The molecule has 2 rings (SSSR count). The average molecular weight is 325 g/mol. The highest BCUT2D eigenvalue weighted by Gasteiger charge is 2.35. The van der Waals surface area contributed by atoms with E-state index in [1.165, 1.54) is 7.11 Å². The van der Waals surface area contributed by atoms with E-state index in [0.717, 1.165) is 6.42 Å². The Labute approximate surface area is 133 Å². The number of nitrogens with one attached hydrogen (secondary N) is 1. The Morgan fingerprint density at radius 3 is 2.86 bits per heavy atom. The number of ether oxygens (including phenoxy) is 2. The van der Waals surface area contributed by atoms with Crippen molar-refractivity contribution in [3.8, 4) is 0 Å². The number of halogens is 1. The molecule has 1 unspecified atom stereocenters. The third-order valence-electron chi connectivity index (χ3n) is 3.31. The van der Waals surface area contributed by atoms with Gasteiger partial charge in [-0.25, -0.2) is 9.79 Å². The van der Waals surface area contributed by atoms with Crippen LogP contribution in [0.5, 0.6) is 0 Å². The zero-order valence-electron chi connectivity index (χ0n) is 12.4. The van der Waals surface area contributed by atoms with Gasteiger partial charge in [-0.2, -0.15) is 0 Å². The molecule has 0 saturated heterocycles. The van der Waals surface area contributed by atoms with Gasteiger partial charge in [-0.05, 0) is 18.6 Å². The molecule has 0 spiro atoms. The molecule has 0 aromatic carbocycles. The SMILES string of the molecule is COCCCNC1=C(C(=O)OC)C(=O)N=C2C=CC(Cl)=CC21. The van der Waals surface area contributed by atoms with E-state index in [4.69, 9.17) is 21.1 Å². The number of amides is 1. The highest BCUT2D eigenvalue weighted by atomic mass is 35.5. The molecular formula is C15H17ClN2O4. The van der Waals surface area contributed by atoms with E-state index >= 15 is 0 Å². The van der Waals surface area contributed by atoms with Crippen molar-refractivity contribution in [3.05, 3.63) is 34.5 Å². The first kappa shape index (κ1) is 16.5. The summed E-state index contributed by atoms with van der Waals surface area (Å²) in [4.78, 5) is 28.0. The first-order chi connectivity index (χ1) is 10.6. The van der Waals surface area contributed by atoms with E-state index in [0.29, 0.717) is 29.6 Å². The van der Waals surface area contributed by atoms with Crippen LogP contribution >= 0.6 is 11.6 Å². The van der Waals surface area contributed by atoms with Crippen LogP contribution in [0.3, 0.4) is 0 Å². The molecule has 1 N–H and O–H groups in total. The van der Waals surface area contributed by atoms with E-state index in [-0.39, 0.29) is 11.5 Å². The van der Waals surface area contributed by atoms with Crippen LogP contribution in [0.1, 0.15) is 6.42 Å². The van der Waals surface area contributed by atoms with Gasteiger partial charge in [-0.15, -0.1) is 0 Å². The largest absolute Gasteiger partial charge is 0.465 e. The molecule has 22 heavy (non-hydrogen) atoms. The summed E-state index contributed by atoms with van der Waals surface area (Å²) < 4.78 is 9.69. The molecule has 1 heterocycles. The van der Waals surface area contributed by atoms with Crippen LogP contribution in [0.4, 0.5) is 0 Å². The second kappa shape index (κ2) is 7.38. The number of fused-ring (bicyclic) bond motifs is 1. The maximum absolute atomic E-state index is 12.1. The van der Waals surface area contributed by atoms with Gasteiger partial charge < -0.3 is 14.8 Å². The van der Waals surface area contributed by atoms with Gasteiger partial charge in [0.05, 0.1) is 18.7 Å². The van der Waals surface area contributed by atoms with Crippen molar-refractivity contribution < 1.29 is 19.1 Å². The first-order valence-corrected chi connectivity index (χ1v) is 7.20. The smallest absolute Gasteiger partial charge is 0.345 e. The minimum Gasteiger partial charge on any atom is -0.465 e. The zero-order chi connectivity index (χ0) is 16.1. The highest BCUT2D eigenvalue weighted by Crippen LogP contribution is 2.29. The predicted molar refractivity (Wildman–Crippen MR) is 82.5 cm³/mol. The summed E-state index contributed by atoms with van der Waals surface area (Å²) >= 11 is 6.03. The van der Waals surface area contributed by atoms with Crippen molar-refractivity contribution >= 4 is 29.2 Å². The second-order valence-corrected chi connectivity index (χ2v) is 5.19. The Morgan fingerprint density at radius 2 is 2.18 bits per heavy atom. The molecule has 118 valence electrons. The maximum Gasteiger partial charge on any atom is 0.345 e. The number of carbonyl (C=O) groups excluding carboxylic acids is 2. The van der Waals surface area contributed by atoms with Gasteiger partial charge >= 0.3 is 5.97 Å². The molecule has 0 aromatic heterocycles. The van der Waals surface area contributed by atoms with E-state index in [2.05, 4.69) is 10.3 Å². The Morgan fingerprint density at radius 1 is 1.41 bits per heavy atom. The minimum atomic E-state index is -0.707. The molecule has 1 aliphatic heterocycles. The van der Waals surface area contributed by atoms with Crippen molar-refractivity contribution in [2.24, 2.45) is 10.9 Å². The Bertz CT molecular complexity index is 605. The lowest BCUT2D eigenvalue weighted by Crippen LogP contribution is -2.36. The topological polar surface area (TPSA) is 77.0 Å². The lowest BCUT2D eigenvalue weighted by Gasteiger charge is -2.26. The Kier molecular flexibility index (Phi) is 5.51. The van der Waals surface area contributed by atoms with Gasteiger partial charge in [0.25, 0.3) is 5.91 Å². The second-order valence-electron chi connectivity index (χ2n) is 4.76. The summed E-state index contributed by atoms with van der Waals surface area (Å²) in [5.41, 5.74) is 0.946. The highest BCUT2D eigenvalue weighted by molar-refractivity contribution is 6.33.